The first-order valence-electron chi connectivity index (χ1n) is 4.45. The molecule has 1 rings (SSSR count). The Morgan fingerprint density at radius 1 is 1.86 bits per heavy atom. The molecule has 2 unspecified atom stereocenters. The van der Waals surface area contributed by atoms with E-state index in [1.54, 1.807) is 0 Å². The van der Waals surface area contributed by atoms with Gasteiger partial charge in [-0.15, -0.1) is 0 Å². The molecule has 0 aromatic heterocycles. The number of amides is 2. The van der Waals surface area contributed by atoms with Gasteiger partial charge < -0.3 is 15.7 Å². The van der Waals surface area contributed by atoms with Crippen molar-refractivity contribution < 1.29 is 14.7 Å². The number of rotatable bonds is 4. The van der Waals surface area contributed by atoms with Gasteiger partial charge in [0.25, 0.3) is 5.24 Å². The van der Waals surface area contributed by atoms with E-state index in [2.05, 4.69) is 10.6 Å². The Hall–Kier alpha value is -0.750. The summed E-state index contributed by atoms with van der Waals surface area (Å²) in [5, 5.41) is 13.8. The van der Waals surface area contributed by atoms with Gasteiger partial charge in [0.1, 0.15) is 6.04 Å². The average Bonchev–Trinajstić information content (AvgIpc) is 2.60. The van der Waals surface area contributed by atoms with Crippen LogP contribution < -0.4 is 10.6 Å². The monoisotopic (exact) mass is 218 g/mol. The number of hydrogen-bond acceptors (Lipinski definition) is 4. The molecule has 6 heteroatoms. The van der Waals surface area contributed by atoms with Gasteiger partial charge in [0.05, 0.1) is 0 Å². The Balaban J connectivity index is 2.25. The van der Waals surface area contributed by atoms with Crippen LogP contribution in [0.2, 0.25) is 0 Å². The second-order valence-corrected chi connectivity index (χ2v) is 4.32. The first-order chi connectivity index (χ1) is 6.63. The molecule has 1 aliphatic heterocycles. The lowest BCUT2D eigenvalue weighted by Crippen LogP contribution is -2.44. The van der Waals surface area contributed by atoms with E-state index in [-0.39, 0.29) is 23.7 Å². The van der Waals surface area contributed by atoms with Crippen molar-refractivity contribution in [2.24, 2.45) is 5.92 Å². The largest absolute Gasteiger partial charge is 0.396 e. The molecule has 14 heavy (non-hydrogen) atoms. The molecular weight excluding hydrogens is 204 g/mol. The fraction of sp³-hybridized carbons (Fsp3) is 0.750. The molecule has 2 amide bonds. The van der Waals surface area contributed by atoms with Crippen LogP contribution in [0, 0.1) is 5.92 Å². The summed E-state index contributed by atoms with van der Waals surface area (Å²) >= 11 is 1.11. The maximum absolute atomic E-state index is 11.4. The normalized spacial score (nSPS) is 23.0. The molecule has 0 spiro atoms. The van der Waals surface area contributed by atoms with E-state index in [1.165, 1.54) is 0 Å². The zero-order valence-corrected chi connectivity index (χ0v) is 8.76. The maximum atomic E-state index is 11.4. The second-order valence-electron chi connectivity index (χ2n) is 3.33. The van der Waals surface area contributed by atoms with E-state index in [0.717, 1.165) is 11.8 Å². The molecule has 2 atom stereocenters. The van der Waals surface area contributed by atoms with Crippen molar-refractivity contribution in [2.45, 2.75) is 13.0 Å². The van der Waals surface area contributed by atoms with Gasteiger partial charge in [0.2, 0.25) is 5.91 Å². The van der Waals surface area contributed by atoms with Crippen molar-refractivity contribution in [3.63, 3.8) is 0 Å². The van der Waals surface area contributed by atoms with Gasteiger partial charge in [0.15, 0.2) is 0 Å². The molecule has 1 heterocycles. The van der Waals surface area contributed by atoms with Crippen LogP contribution in [0.1, 0.15) is 6.92 Å². The third kappa shape index (κ3) is 3.19. The lowest BCUT2D eigenvalue weighted by molar-refractivity contribution is -0.122. The molecule has 0 aromatic rings. The van der Waals surface area contributed by atoms with Crippen molar-refractivity contribution in [1.82, 2.24) is 10.6 Å². The van der Waals surface area contributed by atoms with E-state index in [1.807, 2.05) is 6.92 Å². The predicted octanol–water partition coefficient (Wildman–Crippen LogP) is -0.444. The second kappa shape index (κ2) is 5.21. The van der Waals surface area contributed by atoms with Gasteiger partial charge in [-0.2, -0.15) is 0 Å². The molecule has 3 N–H and O–H groups in total. The van der Waals surface area contributed by atoms with Crippen molar-refractivity contribution in [3.8, 4) is 0 Å². The quantitative estimate of drug-likeness (QED) is 0.597. The zero-order valence-electron chi connectivity index (χ0n) is 7.95. The minimum absolute atomic E-state index is 0.0451. The summed E-state index contributed by atoms with van der Waals surface area (Å²) in [6.07, 6.45) is 0. The number of thioether (sulfide) groups is 1. The fourth-order valence-electron chi connectivity index (χ4n) is 0.988. The molecule has 80 valence electrons. The molecule has 5 nitrogen and oxygen atoms in total. The number of aliphatic hydroxyl groups excluding tert-OH is 1. The van der Waals surface area contributed by atoms with Crippen LogP contribution in [0.5, 0.6) is 0 Å². The van der Waals surface area contributed by atoms with Crippen molar-refractivity contribution in [1.29, 1.82) is 0 Å². The van der Waals surface area contributed by atoms with Crippen LogP contribution in [0.3, 0.4) is 0 Å². The summed E-state index contributed by atoms with van der Waals surface area (Å²) in [5.41, 5.74) is 0. The number of carbonyl (C=O) groups is 2. The van der Waals surface area contributed by atoms with Gasteiger partial charge in [0, 0.05) is 18.9 Å². The Kier molecular flexibility index (Phi) is 4.21. The van der Waals surface area contributed by atoms with Crippen molar-refractivity contribution in [3.05, 3.63) is 0 Å². The topological polar surface area (TPSA) is 78.4 Å². The summed E-state index contributed by atoms with van der Waals surface area (Å²) in [6, 6.07) is -0.418. The predicted molar refractivity (Wildman–Crippen MR) is 54.0 cm³/mol. The third-order valence-corrected chi connectivity index (χ3v) is 2.81. The van der Waals surface area contributed by atoms with E-state index < -0.39 is 6.04 Å². The smallest absolute Gasteiger partial charge is 0.279 e. The highest BCUT2D eigenvalue weighted by Gasteiger charge is 2.27. The fourth-order valence-corrected chi connectivity index (χ4v) is 1.77. The molecular formula is C8H14N2O3S. The SMILES string of the molecule is CC(CO)CNC(=O)C1CSC(=O)N1. The lowest BCUT2D eigenvalue weighted by atomic mass is 10.2. The summed E-state index contributed by atoms with van der Waals surface area (Å²) in [4.78, 5) is 22.2. The van der Waals surface area contributed by atoms with Crippen LogP contribution in [0.25, 0.3) is 0 Å². The Morgan fingerprint density at radius 3 is 3.07 bits per heavy atom. The first kappa shape index (κ1) is 11.3. The van der Waals surface area contributed by atoms with Crippen LogP contribution in [0.15, 0.2) is 0 Å². The van der Waals surface area contributed by atoms with Crippen LogP contribution in [0.4, 0.5) is 4.79 Å². The van der Waals surface area contributed by atoms with Gasteiger partial charge in [-0.1, -0.05) is 18.7 Å². The first-order valence-corrected chi connectivity index (χ1v) is 5.44. The third-order valence-electron chi connectivity index (χ3n) is 1.93. The van der Waals surface area contributed by atoms with E-state index in [4.69, 9.17) is 5.11 Å². The lowest BCUT2D eigenvalue weighted by Gasteiger charge is -2.12. The minimum Gasteiger partial charge on any atom is -0.396 e. The molecule has 0 aliphatic carbocycles. The molecule has 0 radical (unpaired) electrons. The minimum atomic E-state index is -0.418. The van der Waals surface area contributed by atoms with Crippen LogP contribution >= 0.6 is 11.8 Å². The molecule has 0 aromatic carbocycles. The molecule has 1 saturated heterocycles. The van der Waals surface area contributed by atoms with E-state index in [0.29, 0.717) is 12.3 Å². The maximum Gasteiger partial charge on any atom is 0.279 e. The highest BCUT2D eigenvalue weighted by molar-refractivity contribution is 8.14. The zero-order chi connectivity index (χ0) is 10.6. The summed E-state index contributed by atoms with van der Waals surface area (Å²) in [5.74, 6) is 0.352. The Bertz CT molecular complexity index is 235. The highest BCUT2D eigenvalue weighted by Crippen LogP contribution is 2.12. The standard InChI is InChI=1S/C8H14N2O3S/c1-5(3-11)2-9-7(12)6-4-14-8(13)10-6/h5-6,11H,2-4H2,1H3,(H,9,12)(H,10,13). The Labute approximate surface area is 86.6 Å². The summed E-state index contributed by atoms with van der Waals surface area (Å²) < 4.78 is 0. The molecule has 0 saturated carbocycles. The molecule has 1 aliphatic rings. The number of carbonyl (C=O) groups excluding carboxylic acids is 2. The Morgan fingerprint density at radius 2 is 2.57 bits per heavy atom. The van der Waals surface area contributed by atoms with Crippen molar-refractivity contribution in [2.75, 3.05) is 18.9 Å². The number of aliphatic hydroxyl groups is 1. The van der Waals surface area contributed by atoms with Crippen LogP contribution in [-0.2, 0) is 4.79 Å². The number of hydrogen-bond donors (Lipinski definition) is 3. The van der Waals surface area contributed by atoms with Gasteiger partial charge in [-0.25, -0.2) is 0 Å². The summed E-state index contributed by atoms with van der Waals surface area (Å²) in [6.45, 7) is 2.32. The summed E-state index contributed by atoms with van der Waals surface area (Å²) in [7, 11) is 0. The molecule has 0 bridgehead atoms. The van der Waals surface area contributed by atoms with Crippen LogP contribution in [-0.4, -0.2) is 41.2 Å². The van der Waals surface area contributed by atoms with Crippen molar-refractivity contribution >= 4 is 22.9 Å². The van der Waals surface area contributed by atoms with Gasteiger partial charge in [-0.3, -0.25) is 9.59 Å². The number of nitrogens with one attached hydrogen (secondary N) is 2. The van der Waals surface area contributed by atoms with Gasteiger partial charge in [-0.05, 0) is 5.92 Å². The van der Waals surface area contributed by atoms with E-state index >= 15 is 0 Å². The molecule has 1 fully saturated rings. The average molecular weight is 218 g/mol. The van der Waals surface area contributed by atoms with Gasteiger partial charge >= 0.3 is 0 Å². The van der Waals surface area contributed by atoms with E-state index in [9.17, 15) is 9.59 Å². The highest BCUT2D eigenvalue weighted by atomic mass is 32.2.